The van der Waals surface area contributed by atoms with E-state index in [4.69, 9.17) is 11.6 Å². The summed E-state index contributed by atoms with van der Waals surface area (Å²) in [5, 5.41) is 8.04. The monoisotopic (exact) mass is 455 g/mol. The Hall–Kier alpha value is -2.67. The van der Waals surface area contributed by atoms with E-state index in [1.165, 1.54) is 11.3 Å². The van der Waals surface area contributed by atoms with Gasteiger partial charge in [-0.25, -0.2) is 0 Å². The highest BCUT2D eigenvalue weighted by atomic mass is 35.5. The molecule has 1 atom stereocenters. The number of hydrogen-bond acceptors (Lipinski definition) is 4. The summed E-state index contributed by atoms with van der Waals surface area (Å²) in [5.41, 5.74) is 2.01. The molecule has 2 N–H and O–H groups in total. The van der Waals surface area contributed by atoms with Crippen molar-refractivity contribution in [2.24, 2.45) is 0 Å². The second-order valence-electron chi connectivity index (χ2n) is 6.98. The van der Waals surface area contributed by atoms with Gasteiger partial charge in [-0.1, -0.05) is 61.8 Å². The van der Waals surface area contributed by atoms with Gasteiger partial charge in [0, 0.05) is 12.1 Å². The molecule has 0 bridgehead atoms. The Balaban J connectivity index is 1.72. The first-order valence-corrected chi connectivity index (χ1v) is 11.5. The number of halogens is 1. The van der Waals surface area contributed by atoms with Crippen LogP contribution in [0.2, 0.25) is 5.02 Å². The van der Waals surface area contributed by atoms with E-state index in [2.05, 4.69) is 41.5 Å². The van der Waals surface area contributed by atoms with Gasteiger partial charge >= 0.3 is 0 Å². The quantitative estimate of drug-likeness (QED) is 0.450. The van der Waals surface area contributed by atoms with Crippen LogP contribution in [-0.4, -0.2) is 36.3 Å². The summed E-state index contributed by atoms with van der Waals surface area (Å²) in [6.45, 7) is 6.47. The first kappa shape index (κ1) is 23.0. The van der Waals surface area contributed by atoms with Gasteiger partial charge in [0.1, 0.15) is 0 Å². The largest absolute Gasteiger partial charge is 0.350 e. The van der Waals surface area contributed by atoms with Gasteiger partial charge in [-0.05, 0) is 48.3 Å². The van der Waals surface area contributed by atoms with Crippen molar-refractivity contribution in [3.05, 3.63) is 87.1 Å². The fourth-order valence-electron chi connectivity index (χ4n) is 3.44. The number of carbonyl (C=O) groups is 2. The van der Waals surface area contributed by atoms with Crippen molar-refractivity contribution in [3.8, 4) is 0 Å². The Labute approximate surface area is 192 Å². The van der Waals surface area contributed by atoms with E-state index in [0.717, 1.165) is 18.7 Å². The molecule has 3 rings (SSSR count). The van der Waals surface area contributed by atoms with Crippen LogP contribution in [-0.2, 0) is 0 Å². The smallest absolute Gasteiger partial charge is 0.265 e. The number of benzene rings is 2. The molecule has 1 heterocycles. The number of likely N-dealkylation sites (N-methyl/N-ethyl adjacent to an activating group) is 1. The standard InChI is InChI=1S/C24H26ClN3O2S/c1-3-28(4-2)21(17-9-6-5-7-10-17)16-26-23(29)18-12-13-19(25)20(15-18)27-24(30)22-11-8-14-31-22/h5-15,21H,3-4,16H2,1-2H3,(H,26,29)(H,27,30). The van der Waals surface area contributed by atoms with Crippen LogP contribution >= 0.6 is 22.9 Å². The Morgan fingerprint density at radius 3 is 2.39 bits per heavy atom. The maximum absolute atomic E-state index is 12.9. The second-order valence-corrected chi connectivity index (χ2v) is 8.34. The predicted molar refractivity (Wildman–Crippen MR) is 128 cm³/mol. The average Bonchev–Trinajstić information content (AvgIpc) is 3.33. The van der Waals surface area contributed by atoms with Gasteiger partial charge in [0.05, 0.1) is 21.6 Å². The SMILES string of the molecule is CCN(CC)C(CNC(=O)c1ccc(Cl)c(NC(=O)c2cccs2)c1)c1ccccc1. The third-order valence-corrected chi connectivity index (χ3v) is 6.31. The van der Waals surface area contributed by atoms with Crippen LogP contribution in [0.3, 0.4) is 0 Å². The first-order valence-electron chi connectivity index (χ1n) is 10.2. The summed E-state index contributed by atoms with van der Waals surface area (Å²) < 4.78 is 0. The van der Waals surface area contributed by atoms with E-state index < -0.39 is 0 Å². The lowest BCUT2D eigenvalue weighted by Gasteiger charge is -2.30. The molecule has 0 aliphatic heterocycles. The van der Waals surface area contributed by atoms with Gasteiger partial charge in [-0.3, -0.25) is 14.5 Å². The van der Waals surface area contributed by atoms with Gasteiger partial charge in [-0.15, -0.1) is 11.3 Å². The number of carbonyl (C=O) groups excluding carboxylic acids is 2. The molecule has 1 aromatic heterocycles. The Kier molecular flexibility index (Phi) is 8.23. The molecule has 2 aromatic carbocycles. The Morgan fingerprint density at radius 1 is 1.00 bits per heavy atom. The van der Waals surface area contributed by atoms with E-state index >= 15 is 0 Å². The van der Waals surface area contributed by atoms with Crippen LogP contribution in [0.5, 0.6) is 0 Å². The van der Waals surface area contributed by atoms with Crippen molar-refractivity contribution in [1.29, 1.82) is 0 Å². The molecule has 1 unspecified atom stereocenters. The molecule has 0 spiro atoms. The number of nitrogens with one attached hydrogen (secondary N) is 2. The summed E-state index contributed by atoms with van der Waals surface area (Å²) in [6.07, 6.45) is 0. The fourth-order valence-corrected chi connectivity index (χ4v) is 4.23. The van der Waals surface area contributed by atoms with Crippen molar-refractivity contribution in [2.75, 3.05) is 25.0 Å². The molecule has 5 nitrogen and oxygen atoms in total. The molecule has 2 amide bonds. The predicted octanol–water partition coefficient (Wildman–Crippen LogP) is 5.47. The molecule has 0 saturated heterocycles. The number of thiophene rings is 1. The normalized spacial score (nSPS) is 11.9. The summed E-state index contributed by atoms with van der Waals surface area (Å²) in [7, 11) is 0. The zero-order valence-electron chi connectivity index (χ0n) is 17.6. The molecular formula is C24H26ClN3O2S. The van der Waals surface area contributed by atoms with Crippen molar-refractivity contribution in [1.82, 2.24) is 10.2 Å². The minimum atomic E-state index is -0.250. The maximum atomic E-state index is 12.9. The van der Waals surface area contributed by atoms with Gasteiger partial charge in [0.15, 0.2) is 0 Å². The van der Waals surface area contributed by atoms with Gasteiger partial charge < -0.3 is 10.6 Å². The lowest BCUT2D eigenvalue weighted by Crippen LogP contribution is -2.38. The lowest BCUT2D eigenvalue weighted by atomic mass is 10.0. The lowest BCUT2D eigenvalue weighted by molar-refractivity contribution is 0.0934. The van der Waals surface area contributed by atoms with Crippen LogP contribution in [0.25, 0.3) is 0 Å². The van der Waals surface area contributed by atoms with Crippen LogP contribution in [0.4, 0.5) is 5.69 Å². The Morgan fingerprint density at radius 2 is 1.74 bits per heavy atom. The molecule has 0 aliphatic carbocycles. The highest BCUT2D eigenvalue weighted by Gasteiger charge is 2.19. The zero-order valence-corrected chi connectivity index (χ0v) is 19.2. The molecular weight excluding hydrogens is 430 g/mol. The fraction of sp³-hybridized carbons (Fsp3) is 0.250. The minimum absolute atomic E-state index is 0.0745. The van der Waals surface area contributed by atoms with Gasteiger partial charge in [-0.2, -0.15) is 0 Å². The molecule has 0 fully saturated rings. The average molecular weight is 456 g/mol. The highest BCUT2D eigenvalue weighted by molar-refractivity contribution is 7.12. The number of hydrogen-bond donors (Lipinski definition) is 2. The molecule has 31 heavy (non-hydrogen) atoms. The Bertz CT molecular complexity index is 1000. The van der Waals surface area contributed by atoms with Crippen LogP contribution < -0.4 is 10.6 Å². The van der Waals surface area contributed by atoms with E-state index in [-0.39, 0.29) is 17.9 Å². The second kappa shape index (κ2) is 11.1. The highest BCUT2D eigenvalue weighted by Crippen LogP contribution is 2.25. The van der Waals surface area contributed by atoms with E-state index in [1.807, 2.05) is 29.6 Å². The summed E-state index contributed by atoms with van der Waals surface area (Å²) in [5.74, 6) is -0.462. The van der Waals surface area contributed by atoms with Gasteiger partial charge in [0.25, 0.3) is 11.8 Å². The summed E-state index contributed by atoms with van der Waals surface area (Å²) in [4.78, 5) is 28.1. The molecule has 162 valence electrons. The maximum Gasteiger partial charge on any atom is 0.265 e. The van der Waals surface area contributed by atoms with Crippen molar-refractivity contribution in [3.63, 3.8) is 0 Å². The zero-order chi connectivity index (χ0) is 22.2. The summed E-state index contributed by atoms with van der Waals surface area (Å²) in [6, 6.07) is 18.7. The van der Waals surface area contributed by atoms with Crippen molar-refractivity contribution >= 4 is 40.4 Å². The summed E-state index contributed by atoms with van der Waals surface area (Å²) >= 11 is 7.59. The molecule has 0 aliphatic rings. The van der Waals surface area contributed by atoms with Crippen molar-refractivity contribution < 1.29 is 9.59 Å². The third-order valence-electron chi connectivity index (χ3n) is 5.12. The first-order chi connectivity index (χ1) is 15.0. The van der Waals surface area contributed by atoms with Crippen LogP contribution in [0.15, 0.2) is 66.0 Å². The van der Waals surface area contributed by atoms with Crippen LogP contribution in [0, 0.1) is 0 Å². The molecule has 0 saturated carbocycles. The molecule has 0 radical (unpaired) electrons. The number of anilines is 1. The molecule has 3 aromatic rings. The van der Waals surface area contributed by atoms with E-state index in [0.29, 0.717) is 27.7 Å². The molecule has 7 heteroatoms. The van der Waals surface area contributed by atoms with Gasteiger partial charge in [0.2, 0.25) is 0 Å². The number of amides is 2. The number of nitrogens with zero attached hydrogens (tertiary/aromatic N) is 1. The van der Waals surface area contributed by atoms with Crippen molar-refractivity contribution in [2.45, 2.75) is 19.9 Å². The van der Waals surface area contributed by atoms with E-state index in [1.54, 1.807) is 24.3 Å². The topological polar surface area (TPSA) is 61.4 Å². The minimum Gasteiger partial charge on any atom is -0.350 e. The number of rotatable bonds is 9. The van der Waals surface area contributed by atoms with Crippen LogP contribution in [0.1, 0.15) is 45.5 Å². The third kappa shape index (κ3) is 5.94. The van der Waals surface area contributed by atoms with E-state index in [9.17, 15) is 9.59 Å².